The van der Waals surface area contributed by atoms with Crippen LogP contribution in [-0.2, 0) is 10.0 Å². The highest BCUT2D eigenvalue weighted by atomic mass is 35.5. The van der Waals surface area contributed by atoms with Crippen LogP contribution in [0.2, 0.25) is 0 Å². The van der Waals surface area contributed by atoms with Crippen molar-refractivity contribution in [2.24, 2.45) is 0 Å². The van der Waals surface area contributed by atoms with Gasteiger partial charge in [0, 0.05) is 39.3 Å². The molecular weight excluding hydrogens is 345 g/mol. The van der Waals surface area contributed by atoms with Crippen LogP contribution in [-0.4, -0.2) is 52.6 Å². The molecule has 0 radical (unpaired) electrons. The smallest absolute Gasteiger partial charge is 0.240 e. The van der Waals surface area contributed by atoms with Gasteiger partial charge in [-0.3, -0.25) is 4.90 Å². The molecular formula is C14H25Cl2N3O2S. The number of aryl methyl sites for hydroxylation is 2. The monoisotopic (exact) mass is 369 g/mol. The van der Waals surface area contributed by atoms with E-state index in [9.17, 15) is 8.42 Å². The van der Waals surface area contributed by atoms with Crippen molar-refractivity contribution in [1.82, 2.24) is 14.9 Å². The van der Waals surface area contributed by atoms with Crippen molar-refractivity contribution in [2.75, 3.05) is 39.3 Å². The molecule has 5 nitrogen and oxygen atoms in total. The summed E-state index contributed by atoms with van der Waals surface area (Å²) in [4.78, 5) is 2.65. The van der Waals surface area contributed by atoms with E-state index in [2.05, 4.69) is 14.9 Å². The first-order valence-corrected chi connectivity index (χ1v) is 8.47. The highest BCUT2D eigenvalue weighted by Crippen LogP contribution is 2.16. The quantitative estimate of drug-likeness (QED) is 0.821. The van der Waals surface area contributed by atoms with Crippen molar-refractivity contribution in [3.63, 3.8) is 0 Å². The molecule has 8 heteroatoms. The fourth-order valence-corrected chi connectivity index (χ4v) is 3.70. The third-order valence-electron chi connectivity index (χ3n) is 3.56. The van der Waals surface area contributed by atoms with Gasteiger partial charge in [0.05, 0.1) is 4.90 Å². The van der Waals surface area contributed by atoms with Gasteiger partial charge in [-0.1, -0.05) is 12.1 Å². The maximum Gasteiger partial charge on any atom is 0.240 e. The van der Waals surface area contributed by atoms with Gasteiger partial charge in [0.1, 0.15) is 0 Å². The van der Waals surface area contributed by atoms with Crippen LogP contribution >= 0.6 is 24.8 Å². The molecule has 0 spiro atoms. The molecule has 128 valence electrons. The zero-order valence-corrected chi connectivity index (χ0v) is 15.4. The van der Waals surface area contributed by atoms with Gasteiger partial charge in [0.2, 0.25) is 10.0 Å². The largest absolute Gasteiger partial charge is 0.314 e. The van der Waals surface area contributed by atoms with Crippen LogP contribution in [0.25, 0.3) is 0 Å². The first kappa shape index (κ1) is 21.6. The maximum atomic E-state index is 12.3. The van der Waals surface area contributed by atoms with Crippen LogP contribution in [0.3, 0.4) is 0 Å². The lowest BCUT2D eigenvalue weighted by Crippen LogP contribution is -2.46. The van der Waals surface area contributed by atoms with Crippen LogP contribution in [0.15, 0.2) is 23.1 Å². The van der Waals surface area contributed by atoms with Gasteiger partial charge in [0.15, 0.2) is 0 Å². The molecule has 1 aromatic rings. The zero-order valence-electron chi connectivity index (χ0n) is 13.0. The number of piperazine rings is 1. The first-order valence-electron chi connectivity index (χ1n) is 6.99. The fraction of sp³-hybridized carbons (Fsp3) is 0.571. The van der Waals surface area contributed by atoms with E-state index in [1.165, 1.54) is 0 Å². The predicted octanol–water partition coefficient (Wildman–Crippen LogP) is 1.33. The van der Waals surface area contributed by atoms with E-state index in [1.54, 1.807) is 6.07 Å². The number of benzene rings is 1. The molecule has 0 aliphatic carbocycles. The Morgan fingerprint density at radius 1 is 1.18 bits per heavy atom. The van der Waals surface area contributed by atoms with E-state index in [4.69, 9.17) is 0 Å². The highest BCUT2D eigenvalue weighted by Gasteiger charge is 2.17. The Kier molecular flexibility index (Phi) is 9.54. The number of nitrogens with one attached hydrogen (secondary N) is 2. The molecule has 1 aliphatic heterocycles. The highest BCUT2D eigenvalue weighted by molar-refractivity contribution is 7.89. The summed E-state index contributed by atoms with van der Waals surface area (Å²) in [6.07, 6.45) is 0. The second kappa shape index (κ2) is 9.70. The van der Waals surface area contributed by atoms with Gasteiger partial charge >= 0.3 is 0 Å². The molecule has 0 aromatic heterocycles. The van der Waals surface area contributed by atoms with Gasteiger partial charge in [-0.15, -0.1) is 24.8 Å². The summed E-state index contributed by atoms with van der Waals surface area (Å²) in [6.45, 7) is 8.84. The van der Waals surface area contributed by atoms with Crippen molar-refractivity contribution in [3.8, 4) is 0 Å². The second-order valence-corrected chi connectivity index (χ2v) is 6.99. The molecule has 0 atom stereocenters. The number of halogens is 2. The molecule has 1 aliphatic rings. The Hall–Kier alpha value is -0.370. The van der Waals surface area contributed by atoms with Crippen molar-refractivity contribution in [2.45, 2.75) is 18.7 Å². The molecule has 0 amide bonds. The van der Waals surface area contributed by atoms with Crippen LogP contribution in [0.4, 0.5) is 0 Å². The normalized spacial score (nSPS) is 15.7. The molecule has 1 aromatic carbocycles. The zero-order chi connectivity index (χ0) is 14.6. The molecule has 1 heterocycles. The number of rotatable bonds is 5. The minimum Gasteiger partial charge on any atom is -0.314 e. The Balaban J connectivity index is 0.00000220. The summed E-state index contributed by atoms with van der Waals surface area (Å²) in [5.41, 5.74) is 1.74. The van der Waals surface area contributed by atoms with Gasteiger partial charge in [0.25, 0.3) is 0 Å². The topological polar surface area (TPSA) is 61.4 Å². The van der Waals surface area contributed by atoms with Gasteiger partial charge < -0.3 is 5.32 Å². The SMILES string of the molecule is Cc1ccc(C)c(S(=O)(=O)NCCN2CCNCC2)c1.Cl.Cl. The average Bonchev–Trinajstić information content (AvgIpc) is 2.42. The molecule has 0 unspecified atom stereocenters. The molecule has 2 N–H and O–H groups in total. The minimum absolute atomic E-state index is 0. The summed E-state index contributed by atoms with van der Waals surface area (Å²) < 4.78 is 27.3. The molecule has 1 saturated heterocycles. The van der Waals surface area contributed by atoms with Crippen LogP contribution in [0.1, 0.15) is 11.1 Å². The summed E-state index contributed by atoms with van der Waals surface area (Å²) in [6, 6.07) is 5.50. The number of nitrogens with zero attached hydrogens (tertiary/aromatic N) is 1. The van der Waals surface area contributed by atoms with Crippen LogP contribution in [0, 0.1) is 13.8 Å². The molecule has 1 fully saturated rings. The Morgan fingerprint density at radius 3 is 2.45 bits per heavy atom. The Labute approximate surface area is 145 Å². The van der Waals surface area contributed by atoms with E-state index in [0.29, 0.717) is 11.4 Å². The average molecular weight is 370 g/mol. The fourth-order valence-electron chi connectivity index (χ4n) is 2.35. The van der Waals surface area contributed by atoms with Crippen LogP contribution < -0.4 is 10.0 Å². The molecule has 0 bridgehead atoms. The third kappa shape index (κ3) is 6.02. The van der Waals surface area contributed by atoms with Gasteiger partial charge in [-0.2, -0.15) is 0 Å². The molecule has 22 heavy (non-hydrogen) atoms. The van der Waals surface area contributed by atoms with Gasteiger partial charge in [-0.05, 0) is 31.0 Å². The van der Waals surface area contributed by atoms with Crippen molar-refractivity contribution < 1.29 is 8.42 Å². The van der Waals surface area contributed by atoms with E-state index in [1.807, 2.05) is 26.0 Å². The maximum absolute atomic E-state index is 12.3. The summed E-state index contributed by atoms with van der Waals surface area (Å²) in [5.74, 6) is 0. The standard InChI is InChI=1S/C14H23N3O2S.2ClH/c1-12-3-4-13(2)14(11-12)20(18,19)16-7-10-17-8-5-15-6-9-17;;/h3-4,11,15-16H,5-10H2,1-2H3;2*1H. The number of sulfonamides is 1. The first-order chi connectivity index (χ1) is 9.49. The van der Waals surface area contributed by atoms with Crippen molar-refractivity contribution in [3.05, 3.63) is 29.3 Å². The summed E-state index contributed by atoms with van der Waals surface area (Å²) >= 11 is 0. The van der Waals surface area contributed by atoms with Crippen LogP contribution in [0.5, 0.6) is 0 Å². The Bertz CT molecular complexity index is 561. The van der Waals surface area contributed by atoms with E-state index >= 15 is 0 Å². The third-order valence-corrected chi connectivity index (χ3v) is 5.17. The summed E-state index contributed by atoms with van der Waals surface area (Å²) in [5, 5.41) is 3.28. The second-order valence-electron chi connectivity index (χ2n) is 5.26. The molecule has 2 rings (SSSR count). The van der Waals surface area contributed by atoms with E-state index < -0.39 is 10.0 Å². The minimum atomic E-state index is -3.41. The van der Waals surface area contributed by atoms with Crippen molar-refractivity contribution in [1.29, 1.82) is 0 Å². The van der Waals surface area contributed by atoms with E-state index in [-0.39, 0.29) is 24.8 Å². The number of hydrogen-bond donors (Lipinski definition) is 2. The van der Waals surface area contributed by atoms with Crippen molar-refractivity contribution >= 4 is 34.8 Å². The predicted molar refractivity (Wildman–Crippen MR) is 94.9 cm³/mol. The lowest BCUT2D eigenvalue weighted by Gasteiger charge is -2.27. The Morgan fingerprint density at radius 2 is 1.82 bits per heavy atom. The lowest BCUT2D eigenvalue weighted by atomic mass is 10.2. The summed E-state index contributed by atoms with van der Waals surface area (Å²) in [7, 11) is -3.41. The van der Waals surface area contributed by atoms with E-state index in [0.717, 1.165) is 43.9 Å². The van der Waals surface area contributed by atoms with Gasteiger partial charge in [-0.25, -0.2) is 13.1 Å². The molecule has 0 saturated carbocycles. The lowest BCUT2D eigenvalue weighted by molar-refractivity contribution is 0.245. The number of hydrogen-bond acceptors (Lipinski definition) is 4.